The second-order valence-corrected chi connectivity index (χ2v) is 7.78. The topological polar surface area (TPSA) is 54.2 Å². The molecule has 8 heteroatoms. The zero-order valence-corrected chi connectivity index (χ0v) is 18.5. The number of rotatable bonds is 5. The Morgan fingerprint density at radius 3 is 2.39 bits per heavy atom. The van der Waals surface area contributed by atoms with Crippen molar-refractivity contribution in [1.29, 1.82) is 0 Å². The largest absolute Gasteiger partial charge is 0.331 e. The first-order valence-electron chi connectivity index (χ1n) is 9.36. The number of hydrogen-bond donors (Lipinski definition) is 2. The molecule has 0 aliphatic carbocycles. The van der Waals surface area contributed by atoms with Gasteiger partial charge in [-0.3, -0.25) is 5.43 Å². The van der Waals surface area contributed by atoms with Crippen molar-refractivity contribution in [3.8, 4) is 16.9 Å². The maximum Gasteiger partial charge on any atom is 0.191 e. The summed E-state index contributed by atoms with van der Waals surface area (Å²) in [5.74, 6) is 0. The summed E-state index contributed by atoms with van der Waals surface area (Å²) in [7, 11) is 0. The van der Waals surface area contributed by atoms with Crippen LogP contribution in [0.5, 0.6) is 0 Å². The van der Waals surface area contributed by atoms with Crippen molar-refractivity contribution in [1.82, 2.24) is 15.2 Å². The molecule has 31 heavy (non-hydrogen) atoms. The summed E-state index contributed by atoms with van der Waals surface area (Å²) in [6.07, 6.45) is 3.54. The van der Waals surface area contributed by atoms with Gasteiger partial charge in [0.2, 0.25) is 0 Å². The normalized spacial score (nSPS) is 10.9. The molecule has 1 aromatic heterocycles. The quantitative estimate of drug-likeness (QED) is 0.210. The van der Waals surface area contributed by atoms with Crippen molar-refractivity contribution in [3.05, 3.63) is 101 Å². The van der Waals surface area contributed by atoms with E-state index in [-0.39, 0.29) is 0 Å². The standard InChI is InChI=1S/C23H17Cl2N5S/c24-17-11-12-20(21(25)13-17)22-16(15-30(29-22)19-9-5-2-6-10-19)14-26-28-23(31)27-18-7-3-1-4-8-18/h1-15H,(H2,27,28,31)/b26-14-. The third kappa shape index (κ3) is 5.30. The van der Waals surface area contributed by atoms with Gasteiger partial charge in [0.15, 0.2) is 5.11 Å². The summed E-state index contributed by atoms with van der Waals surface area (Å²) >= 11 is 17.8. The molecule has 154 valence electrons. The Kier molecular flexibility index (Phi) is 6.62. The molecule has 2 N–H and O–H groups in total. The molecule has 4 aromatic rings. The summed E-state index contributed by atoms with van der Waals surface area (Å²) in [4.78, 5) is 0. The summed E-state index contributed by atoms with van der Waals surface area (Å²) in [5.41, 5.74) is 6.83. The zero-order valence-electron chi connectivity index (χ0n) is 16.2. The molecule has 0 bridgehead atoms. The molecule has 4 rings (SSSR count). The van der Waals surface area contributed by atoms with Crippen molar-refractivity contribution in [2.45, 2.75) is 0 Å². The highest BCUT2D eigenvalue weighted by Crippen LogP contribution is 2.31. The average Bonchev–Trinajstić information content (AvgIpc) is 3.19. The smallest absolute Gasteiger partial charge is 0.191 e. The minimum absolute atomic E-state index is 0.379. The van der Waals surface area contributed by atoms with Crippen molar-refractivity contribution in [3.63, 3.8) is 0 Å². The number of nitrogens with one attached hydrogen (secondary N) is 2. The Labute approximate surface area is 195 Å². The van der Waals surface area contributed by atoms with Gasteiger partial charge >= 0.3 is 0 Å². The van der Waals surface area contributed by atoms with Crippen molar-refractivity contribution >= 4 is 52.4 Å². The van der Waals surface area contributed by atoms with Crippen LogP contribution in [0.4, 0.5) is 5.69 Å². The first kappa shape index (κ1) is 21.1. The summed E-state index contributed by atoms with van der Waals surface area (Å²) in [6.45, 7) is 0. The third-order valence-corrected chi connectivity index (χ3v) is 5.09. The minimum Gasteiger partial charge on any atom is -0.331 e. The Morgan fingerprint density at radius 1 is 0.968 bits per heavy atom. The van der Waals surface area contributed by atoms with E-state index in [0.29, 0.717) is 20.9 Å². The summed E-state index contributed by atoms with van der Waals surface area (Å²) in [5, 5.41) is 13.5. The van der Waals surface area contributed by atoms with E-state index < -0.39 is 0 Å². The van der Waals surface area contributed by atoms with Crippen LogP contribution in [0, 0.1) is 0 Å². The van der Waals surface area contributed by atoms with Gasteiger partial charge in [-0.25, -0.2) is 4.68 Å². The van der Waals surface area contributed by atoms with Gasteiger partial charge < -0.3 is 5.32 Å². The van der Waals surface area contributed by atoms with Crippen LogP contribution in [0.15, 0.2) is 90.2 Å². The predicted octanol–water partition coefficient (Wildman–Crippen LogP) is 6.17. The van der Waals surface area contributed by atoms with Crippen molar-refractivity contribution in [2.24, 2.45) is 5.10 Å². The lowest BCUT2D eigenvalue weighted by Gasteiger charge is -2.06. The summed E-state index contributed by atoms with van der Waals surface area (Å²) < 4.78 is 1.78. The van der Waals surface area contributed by atoms with Crippen LogP contribution < -0.4 is 10.7 Å². The first-order valence-corrected chi connectivity index (χ1v) is 10.5. The number of hydrazone groups is 1. The lowest BCUT2D eigenvalue weighted by molar-refractivity contribution is 0.884. The van der Waals surface area contributed by atoms with Gasteiger partial charge in [-0.2, -0.15) is 10.2 Å². The SMILES string of the molecule is S=C(N/N=C\c1cn(-c2ccccc2)nc1-c1ccc(Cl)cc1Cl)Nc1ccccc1. The Hall–Kier alpha value is -3.19. The number of thiocarbonyl (C=S) groups is 1. The second-order valence-electron chi connectivity index (χ2n) is 6.53. The molecule has 0 saturated carbocycles. The molecule has 0 unspecified atom stereocenters. The Bertz CT molecular complexity index is 1220. The van der Waals surface area contributed by atoms with E-state index >= 15 is 0 Å². The second kappa shape index (κ2) is 9.75. The highest BCUT2D eigenvalue weighted by molar-refractivity contribution is 7.80. The van der Waals surface area contributed by atoms with E-state index in [9.17, 15) is 0 Å². The van der Waals surface area contributed by atoms with Gasteiger partial charge in [0, 0.05) is 28.0 Å². The summed E-state index contributed by atoms with van der Waals surface area (Å²) in [6, 6.07) is 24.7. The molecular formula is C23H17Cl2N5S. The van der Waals surface area contributed by atoms with Gasteiger partial charge in [-0.05, 0) is 54.7 Å². The predicted molar refractivity (Wildman–Crippen MR) is 132 cm³/mol. The van der Waals surface area contributed by atoms with Gasteiger partial charge in [-0.15, -0.1) is 0 Å². The van der Waals surface area contributed by atoms with E-state index in [1.807, 2.05) is 72.9 Å². The number of hydrogen-bond acceptors (Lipinski definition) is 3. The number of benzene rings is 3. The van der Waals surface area contributed by atoms with Crippen molar-refractivity contribution < 1.29 is 0 Å². The van der Waals surface area contributed by atoms with Gasteiger partial charge in [-0.1, -0.05) is 59.6 Å². The molecule has 1 heterocycles. The Balaban J connectivity index is 1.61. The first-order chi connectivity index (χ1) is 15.1. The van der Waals surface area contributed by atoms with Gasteiger partial charge in [0.1, 0.15) is 5.69 Å². The Morgan fingerprint density at radius 2 is 1.68 bits per heavy atom. The molecule has 0 aliphatic heterocycles. The van der Waals surface area contributed by atoms with Crippen LogP contribution in [0.25, 0.3) is 16.9 Å². The minimum atomic E-state index is 0.379. The van der Waals surface area contributed by atoms with Crippen LogP contribution in [0.2, 0.25) is 10.0 Å². The fourth-order valence-electron chi connectivity index (χ4n) is 2.93. The number of nitrogens with zero attached hydrogens (tertiary/aromatic N) is 3. The van der Waals surface area contributed by atoms with Crippen LogP contribution >= 0.6 is 35.4 Å². The van der Waals surface area contributed by atoms with E-state index in [4.69, 9.17) is 40.5 Å². The fraction of sp³-hybridized carbons (Fsp3) is 0. The molecule has 0 radical (unpaired) electrons. The molecule has 0 saturated heterocycles. The van der Waals surface area contributed by atoms with Crippen molar-refractivity contribution in [2.75, 3.05) is 5.32 Å². The zero-order chi connectivity index (χ0) is 21.6. The highest BCUT2D eigenvalue weighted by Gasteiger charge is 2.14. The maximum atomic E-state index is 6.44. The molecule has 0 aliphatic rings. The molecule has 0 spiro atoms. The molecular weight excluding hydrogens is 449 g/mol. The van der Waals surface area contributed by atoms with Crippen LogP contribution in [-0.4, -0.2) is 21.1 Å². The van der Waals surface area contributed by atoms with E-state index in [1.54, 1.807) is 23.0 Å². The van der Waals surface area contributed by atoms with Crippen LogP contribution in [0.1, 0.15) is 5.56 Å². The van der Waals surface area contributed by atoms with Gasteiger partial charge in [0.25, 0.3) is 0 Å². The molecule has 0 amide bonds. The van der Waals surface area contributed by atoms with E-state index in [1.165, 1.54) is 0 Å². The number of anilines is 1. The van der Waals surface area contributed by atoms with Crippen LogP contribution in [-0.2, 0) is 0 Å². The van der Waals surface area contributed by atoms with E-state index in [0.717, 1.165) is 22.5 Å². The molecule has 3 aromatic carbocycles. The third-order valence-electron chi connectivity index (χ3n) is 4.35. The van der Waals surface area contributed by atoms with E-state index in [2.05, 4.69) is 15.8 Å². The number of para-hydroxylation sites is 2. The molecule has 0 fully saturated rings. The highest BCUT2D eigenvalue weighted by atomic mass is 35.5. The maximum absolute atomic E-state index is 6.44. The lowest BCUT2D eigenvalue weighted by atomic mass is 10.1. The monoisotopic (exact) mass is 465 g/mol. The fourth-order valence-corrected chi connectivity index (χ4v) is 3.60. The van der Waals surface area contributed by atoms with Crippen LogP contribution in [0.3, 0.4) is 0 Å². The van der Waals surface area contributed by atoms with Gasteiger partial charge in [0.05, 0.1) is 16.9 Å². The molecule has 5 nitrogen and oxygen atoms in total. The lowest BCUT2D eigenvalue weighted by Crippen LogP contribution is -2.23. The number of aromatic nitrogens is 2. The average molecular weight is 466 g/mol. The molecule has 0 atom stereocenters. The number of halogens is 2.